The number of anilines is 1. The number of esters is 1. The molecular weight excluding hydrogens is 206 g/mol. The van der Waals surface area contributed by atoms with E-state index in [0.717, 1.165) is 12.2 Å². The Morgan fingerprint density at radius 2 is 2.38 bits per heavy atom. The van der Waals surface area contributed by atoms with Crippen molar-refractivity contribution in [3.63, 3.8) is 0 Å². The van der Waals surface area contributed by atoms with Crippen molar-refractivity contribution in [2.45, 2.75) is 6.92 Å². The van der Waals surface area contributed by atoms with Gasteiger partial charge in [-0.1, -0.05) is 13.0 Å². The molecule has 0 saturated heterocycles. The van der Waals surface area contributed by atoms with Crippen LogP contribution in [0, 0.1) is 5.92 Å². The van der Waals surface area contributed by atoms with Gasteiger partial charge in [-0.2, -0.15) is 0 Å². The SMILES string of the molecule is COC(=O)c1cccc2c1OCC(C)CN2. The van der Waals surface area contributed by atoms with Crippen molar-refractivity contribution in [3.05, 3.63) is 23.8 Å². The van der Waals surface area contributed by atoms with E-state index in [1.54, 1.807) is 6.07 Å². The van der Waals surface area contributed by atoms with Gasteiger partial charge in [0.1, 0.15) is 5.56 Å². The first-order valence-electron chi connectivity index (χ1n) is 5.30. The highest BCUT2D eigenvalue weighted by atomic mass is 16.5. The number of benzene rings is 1. The third-order valence-electron chi connectivity index (χ3n) is 2.57. The minimum absolute atomic E-state index is 0.367. The Morgan fingerprint density at radius 1 is 1.56 bits per heavy atom. The molecule has 1 aliphatic rings. The van der Waals surface area contributed by atoms with Crippen LogP contribution in [-0.4, -0.2) is 26.2 Å². The number of hydrogen-bond donors (Lipinski definition) is 1. The predicted octanol–water partition coefficient (Wildman–Crippen LogP) is 1.91. The largest absolute Gasteiger partial charge is 0.490 e. The molecule has 0 spiro atoms. The summed E-state index contributed by atoms with van der Waals surface area (Å²) >= 11 is 0. The van der Waals surface area contributed by atoms with E-state index in [4.69, 9.17) is 9.47 Å². The normalized spacial score (nSPS) is 18.8. The van der Waals surface area contributed by atoms with Crippen LogP contribution in [-0.2, 0) is 4.74 Å². The summed E-state index contributed by atoms with van der Waals surface area (Å²) in [5.41, 5.74) is 1.33. The Morgan fingerprint density at radius 3 is 3.12 bits per heavy atom. The number of carbonyl (C=O) groups is 1. The Hall–Kier alpha value is -1.71. The maximum atomic E-state index is 11.5. The van der Waals surface area contributed by atoms with Gasteiger partial charge >= 0.3 is 5.97 Å². The summed E-state index contributed by atoms with van der Waals surface area (Å²) in [6, 6.07) is 5.43. The molecule has 1 unspecified atom stereocenters. The smallest absolute Gasteiger partial charge is 0.341 e. The second-order valence-corrected chi connectivity index (χ2v) is 3.97. The number of fused-ring (bicyclic) bond motifs is 1. The van der Waals surface area contributed by atoms with Crippen molar-refractivity contribution >= 4 is 11.7 Å². The van der Waals surface area contributed by atoms with Crippen LogP contribution >= 0.6 is 0 Å². The molecule has 1 heterocycles. The van der Waals surface area contributed by atoms with Gasteiger partial charge in [-0.05, 0) is 12.1 Å². The summed E-state index contributed by atoms with van der Waals surface area (Å²) in [4.78, 5) is 11.5. The van der Waals surface area contributed by atoms with Gasteiger partial charge in [0.25, 0.3) is 0 Å². The highest BCUT2D eigenvalue weighted by Gasteiger charge is 2.20. The van der Waals surface area contributed by atoms with Crippen molar-refractivity contribution in [1.82, 2.24) is 0 Å². The van der Waals surface area contributed by atoms with Crippen LogP contribution in [0.1, 0.15) is 17.3 Å². The Labute approximate surface area is 94.6 Å². The summed E-state index contributed by atoms with van der Waals surface area (Å²) in [7, 11) is 1.37. The minimum Gasteiger partial charge on any atom is -0.490 e. The zero-order valence-corrected chi connectivity index (χ0v) is 9.45. The van der Waals surface area contributed by atoms with E-state index in [9.17, 15) is 4.79 Å². The van der Waals surface area contributed by atoms with E-state index >= 15 is 0 Å². The lowest BCUT2D eigenvalue weighted by molar-refractivity contribution is 0.0595. The van der Waals surface area contributed by atoms with Gasteiger partial charge in [0.2, 0.25) is 0 Å². The monoisotopic (exact) mass is 221 g/mol. The van der Waals surface area contributed by atoms with E-state index in [1.165, 1.54) is 7.11 Å². The molecule has 0 saturated carbocycles. The first-order valence-corrected chi connectivity index (χ1v) is 5.30. The molecule has 2 rings (SSSR count). The minimum atomic E-state index is -0.367. The average molecular weight is 221 g/mol. The van der Waals surface area contributed by atoms with Gasteiger partial charge in [0.15, 0.2) is 5.75 Å². The molecule has 4 heteroatoms. The van der Waals surface area contributed by atoms with Crippen molar-refractivity contribution in [2.24, 2.45) is 5.92 Å². The number of methoxy groups -OCH3 is 1. The average Bonchev–Trinajstić information content (AvgIpc) is 2.50. The van der Waals surface area contributed by atoms with E-state index in [1.807, 2.05) is 12.1 Å². The summed E-state index contributed by atoms with van der Waals surface area (Å²) < 4.78 is 10.4. The topological polar surface area (TPSA) is 47.6 Å². The fraction of sp³-hybridized carbons (Fsp3) is 0.417. The maximum absolute atomic E-state index is 11.5. The van der Waals surface area contributed by atoms with Gasteiger partial charge in [-0.15, -0.1) is 0 Å². The van der Waals surface area contributed by atoms with E-state index in [0.29, 0.717) is 23.8 Å². The maximum Gasteiger partial charge on any atom is 0.341 e. The molecule has 1 aromatic rings. The van der Waals surface area contributed by atoms with Crippen molar-refractivity contribution in [3.8, 4) is 5.75 Å². The van der Waals surface area contributed by atoms with Gasteiger partial charge in [-0.25, -0.2) is 4.79 Å². The predicted molar refractivity (Wildman–Crippen MR) is 60.9 cm³/mol. The molecule has 0 aliphatic carbocycles. The first-order chi connectivity index (χ1) is 7.72. The quantitative estimate of drug-likeness (QED) is 0.736. The number of hydrogen-bond acceptors (Lipinski definition) is 4. The molecule has 1 atom stereocenters. The number of nitrogens with one attached hydrogen (secondary N) is 1. The molecule has 0 radical (unpaired) electrons. The zero-order chi connectivity index (χ0) is 11.5. The summed E-state index contributed by atoms with van der Waals surface area (Å²) in [6.07, 6.45) is 0. The number of para-hydroxylation sites is 1. The standard InChI is InChI=1S/C12H15NO3/c1-8-6-13-10-5-3-4-9(12(14)15-2)11(10)16-7-8/h3-5,8,13H,6-7H2,1-2H3. The van der Waals surface area contributed by atoms with Gasteiger partial charge in [0.05, 0.1) is 19.4 Å². The number of carbonyl (C=O) groups excluding carboxylic acids is 1. The fourth-order valence-electron chi connectivity index (χ4n) is 1.67. The van der Waals surface area contributed by atoms with Crippen molar-refractivity contribution < 1.29 is 14.3 Å². The molecule has 0 aromatic heterocycles. The molecule has 4 nitrogen and oxygen atoms in total. The second-order valence-electron chi connectivity index (χ2n) is 3.97. The number of rotatable bonds is 1. The summed E-state index contributed by atoms with van der Waals surface area (Å²) in [5, 5.41) is 3.26. The van der Waals surface area contributed by atoms with Crippen molar-refractivity contribution in [1.29, 1.82) is 0 Å². The van der Waals surface area contributed by atoms with Gasteiger partial charge in [-0.3, -0.25) is 0 Å². The molecule has 86 valence electrons. The zero-order valence-electron chi connectivity index (χ0n) is 9.45. The molecule has 1 N–H and O–H groups in total. The molecule has 16 heavy (non-hydrogen) atoms. The molecule has 0 bridgehead atoms. The molecule has 1 aromatic carbocycles. The van der Waals surface area contributed by atoms with Gasteiger partial charge < -0.3 is 14.8 Å². The molecule has 0 fully saturated rings. The summed E-state index contributed by atoms with van der Waals surface area (Å²) in [6.45, 7) is 3.54. The highest BCUT2D eigenvalue weighted by molar-refractivity contribution is 5.94. The van der Waals surface area contributed by atoms with Crippen LogP contribution in [0.25, 0.3) is 0 Å². The van der Waals surface area contributed by atoms with E-state index in [-0.39, 0.29) is 5.97 Å². The van der Waals surface area contributed by atoms with Gasteiger partial charge in [0, 0.05) is 12.5 Å². The van der Waals surface area contributed by atoms with E-state index < -0.39 is 0 Å². The summed E-state index contributed by atoms with van der Waals surface area (Å²) in [5.74, 6) is 0.643. The number of ether oxygens (including phenoxy) is 2. The third-order valence-corrected chi connectivity index (χ3v) is 2.57. The lowest BCUT2D eigenvalue weighted by atomic mass is 10.1. The Bertz CT molecular complexity index is 403. The van der Waals surface area contributed by atoms with Crippen LogP contribution < -0.4 is 10.1 Å². The lowest BCUT2D eigenvalue weighted by Crippen LogP contribution is -2.13. The van der Waals surface area contributed by atoms with Crippen LogP contribution in [0.5, 0.6) is 5.75 Å². The lowest BCUT2D eigenvalue weighted by Gasteiger charge is -2.11. The molecule has 1 aliphatic heterocycles. The van der Waals surface area contributed by atoms with Crippen LogP contribution in [0.4, 0.5) is 5.69 Å². The van der Waals surface area contributed by atoms with Crippen LogP contribution in [0.3, 0.4) is 0 Å². The van der Waals surface area contributed by atoms with Crippen molar-refractivity contribution in [2.75, 3.05) is 25.6 Å². The van der Waals surface area contributed by atoms with E-state index in [2.05, 4.69) is 12.2 Å². The third kappa shape index (κ3) is 1.96. The first kappa shape index (κ1) is 10.8. The molecule has 0 amide bonds. The Kier molecular flexibility index (Phi) is 2.99. The van der Waals surface area contributed by atoms with Crippen LogP contribution in [0.15, 0.2) is 18.2 Å². The second kappa shape index (κ2) is 4.43. The van der Waals surface area contributed by atoms with Crippen LogP contribution in [0.2, 0.25) is 0 Å². The fourth-order valence-corrected chi connectivity index (χ4v) is 1.67. The highest BCUT2D eigenvalue weighted by Crippen LogP contribution is 2.31. The Balaban J connectivity index is 2.39. The molecular formula is C12H15NO3.